The molecule has 1 saturated heterocycles. The molecule has 12 heteroatoms. The van der Waals surface area contributed by atoms with Gasteiger partial charge in [-0.1, -0.05) is 15.9 Å². The predicted molar refractivity (Wildman–Crippen MR) is 151 cm³/mol. The number of nitrogens with zero attached hydrogens (tertiary/aromatic N) is 2. The molecule has 3 aromatic rings. The van der Waals surface area contributed by atoms with E-state index in [1.807, 2.05) is 0 Å². The molecule has 4 rings (SSSR count). The third-order valence-corrected chi connectivity index (χ3v) is 6.76. The van der Waals surface area contributed by atoms with E-state index in [1.54, 1.807) is 56.3 Å². The average molecular weight is 659 g/mol. The second-order valence-corrected chi connectivity index (χ2v) is 10.1. The molecule has 0 aromatic heterocycles. The minimum Gasteiger partial charge on any atom is -0.490 e. The zero-order valence-corrected chi connectivity index (χ0v) is 23.9. The van der Waals surface area contributed by atoms with Crippen LogP contribution in [0.4, 0.5) is 16.2 Å². The van der Waals surface area contributed by atoms with Crippen molar-refractivity contribution in [2.45, 2.75) is 20.5 Å². The molecule has 0 unspecified atom stereocenters. The van der Waals surface area contributed by atoms with Gasteiger partial charge in [0, 0.05) is 16.6 Å². The normalized spacial score (nSPS) is 14.4. The van der Waals surface area contributed by atoms with Crippen molar-refractivity contribution < 1.29 is 28.8 Å². The highest BCUT2D eigenvalue weighted by molar-refractivity contribution is 9.10. The SMILES string of the molecule is CCOc1cc(/C=C2/C(=O)NC(=O)N(c3ccc(Br)cc3C)C2=O)cc(Br)c1OCc1ccc([N+](=O)[O-])cc1. The Morgan fingerprint density at radius 2 is 1.74 bits per heavy atom. The smallest absolute Gasteiger partial charge is 0.335 e. The number of imide groups is 2. The van der Waals surface area contributed by atoms with Crippen LogP contribution in [0.3, 0.4) is 0 Å². The molecule has 4 amide bonds. The summed E-state index contributed by atoms with van der Waals surface area (Å²) in [6.45, 7) is 3.97. The number of nitro benzene ring substituents is 1. The number of carbonyl (C=O) groups excluding carboxylic acids is 3. The maximum atomic E-state index is 13.3. The molecule has 1 heterocycles. The van der Waals surface area contributed by atoms with Crippen molar-refractivity contribution in [3.63, 3.8) is 0 Å². The lowest BCUT2D eigenvalue weighted by molar-refractivity contribution is -0.384. The van der Waals surface area contributed by atoms with Gasteiger partial charge in [0.2, 0.25) is 0 Å². The molecule has 0 spiro atoms. The number of barbiturate groups is 1. The van der Waals surface area contributed by atoms with E-state index in [0.29, 0.717) is 45.0 Å². The zero-order chi connectivity index (χ0) is 28.3. The Bertz CT molecular complexity index is 1520. The molecule has 10 nitrogen and oxygen atoms in total. The second kappa shape index (κ2) is 11.8. The standard InChI is InChI=1S/C27H21Br2N3O7/c1-3-38-23-13-17(12-21(29)24(23)39-14-16-4-7-19(8-5-16)32(36)37)11-20-25(33)30-27(35)31(26(20)34)22-9-6-18(28)10-15(22)2/h4-13H,3,14H2,1-2H3,(H,30,33,35)/b20-11-. The van der Waals surface area contributed by atoms with Gasteiger partial charge in [-0.25, -0.2) is 9.69 Å². The summed E-state index contributed by atoms with van der Waals surface area (Å²) in [6.07, 6.45) is 1.37. The summed E-state index contributed by atoms with van der Waals surface area (Å²) < 4.78 is 13.0. The van der Waals surface area contributed by atoms with Gasteiger partial charge in [-0.3, -0.25) is 25.0 Å². The molecule has 1 aliphatic heterocycles. The molecule has 0 atom stereocenters. The highest BCUT2D eigenvalue weighted by Gasteiger charge is 2.37. The number of amides is 4. The molecule has 200 valence electrons. The number of hydrogen-bond acceptors (Lipinski definition) is 7. The lowest BCUT2D eigenvalue weighted by Gasteiger charge is -2.27. The summed E-state index contributed by atoms with van der Waals surface area (Å²) in [5.41, 5.74) is 1.92. The largest absolute Gasteiger partial charge is 0.490 e. The highest BCUT2D eigenvalue weighted by Crippen LogP contribution is 2.38. The van der Waals surface area contributed by atoms with Crippen LogP contribution in [0.1, 0.15) is 23.6 Å². The number of aryl methyl sites for hydroxylation is 1. The van der Waals surface area contributed by atoms with Crippen molar-refractivity contribution in [3.8, 4) is 11.5 Å². The van der Waals surface area contributed by atoms with Crippen molar-refractivity contribution in [2.24, 2.45) is 0 Å². The van der Waals surface area contributed by atoms with Crippen LogP contribution in [0.5, 0.6) is 11.5 Å². The van der Waals surface area contributed by atoms with E-state index in [-0.39, 0.29) is 17.9 Å². The number of anilines is 1. The number of carbonyl (C=O) groups is 3. The first-order valence-corrected chi connectivity index (χ1v) is 13.2. The quantitative estimate of drug-likeness (QED) is 0.135. The number of non-ortho nitro benzene ring substituents is 1. The fourth-order valence-electron chi connectivity index (χ4n) is 3.86. The molecular weight excluding hydrogens is 638 g/mol. The van der Waals surface area contributed by atoms with Gasteiger partial charge in [-0.15, -0.1) is 0 Å². The Balaban J connectivity index is 1.64. The Hall–Kier alpha value is -4.03. The van der Waals surface area contributed by atoms with Crippen LogP contribution in [-0.4, -0.2) is 29.4 Å². The maximum absolute atomic E-state index is 13.3. The first-order valence-electron chi connectivity index (χ1n) is 11.6. The third-order valence-electron chi connectivity index (χ3n) is 5.67. The molecule has 0 bridgehead atoms. The third kappa shape index (κ3) is 6.18. The first-order chi connectivity index (χ1) is 18.6. The van der Waals surface area contributed by atoms with Crippen LogP contribution in [0.25, 0.3) is 6.08 Å². The van der Waals surface area contributed by atoms with Gasteiger partial charge in [0.05, 0.1) is 21.7 Å². The summed E-state index contributed by atoms with van der Waals surface area (Å²) in [4.78, 5) is 49.9. The number of nitrogens with one attached hydrogen (secondary N) is 1. The van der Waals surface area contributed by atoms with Gasteiger partial charge in [0.15, 0.2) is 11.5 Å². The first kappa shape index (κ1) is 28.0. The van der Waals surface area contributed by atoms with E-state index in [1.165, 1.54) is 18.2 Å². The molecule has 0 saturated carbocycles. The molecule has 39 heavy (non-hydrogen) atoms. The topological polar surface area (TPSA) is 128 Å². The average Bonchev–Trinajstić information content (AvgIpc) is 2.87. The van der Waals surface area contributed by atoms with Crippen LogP contribution in [0, 0.1) is 17.0 Å². The fourth-order valence-corrected chi connectivity index (χ4v) is 4.91. The van der Waals surface area contributed by atoms with Crippen LogP contribution in [0.2, 0.25) is 0 Å². The number of nitro groups is 1. The Kier molecular flexibility index (Phi) is 8.46. The lowest BCUT2D eigenvalue weighted by Crippen LogP contribution is -2.54. The number of halogens is 2. The summed E-state index contributed by atoms with van der Waals surface area (Å²) in [6, 6.07) is 13.5. The van der Waals surface area contributed by atoms with Crippen molar-refractivity contribution in [2.75, 3.05) is 11.5 Å². The van der Waals surface area contributed by atoms with Gasteiger partial charge < -0.3 is 9.47 Å². The fraction of sp³-hybridized carbons (Fsp3) is 0.148. The molecule has 3 aromatic carbocycles. The molecule has 0 aliphatic carbocycles. The van der Waals surface area contributed by atoms with Gasteiger partial charge in [-0.05, 0) is 95.0 Å². The van der Waals surface area contributed by atoms with Crippen LogP contribution in [-0.2, 0) is 16.2 Å². The number of urea groups is 1. The summed E-state index contributed by atoms with van der Waals surface area (Å²) in [5.74, 6) is -0.856. The molecule has 1 N–H and O–H groups in total. The second-order valence-electron chi connectivity index (χ2n) is 8.36. The Morgan fingerprint density at radius 1 is 1.03 bits per heavy atom. The summed E-state index contributed by atoms with van der Waals surface area (Å²) >= 11 is 6.82. The zero-order valence-electron chi connectivity index (χ0n) is 20.7. The predicted octanol–water partition coefficient (Wildman–Crippen LogP) is 6.07. The van der Waals surface area contributed by atoms with Gasteiger partial charge >= 0.3 is 6.03 Å². The molecule has 1 fully saturated rings. The van der Waals surface area contributed by atoms with Gasteiger partial charge in [0.25, 0.3) is 17.5 Å². The Morgan fingerprint density at radius 3 is 2.38 bits per heavy atom. The van der Waals surface area contributed by atoms with E-state index < -0.39 is 22.8 Å². The molecular formula is C27H21Br2N3O7. The highest BCUT2D eigenvalue weighted by atomic mass is 79.9. The minimum absolute atomic E-state index is 0.0239. The van der Waals surface area contributed by atoms with Crippen LogP contribution < -0.4 is 19.7 Å². The number of benzene rings is 3. The monoisotopic (exact) mass is 657 g/mol. The van der Waals surface area contributed by atoms with Crippen molar-refractivity contribution >= 4 is 67.2 Å². The molecule has 1 aliphatic rings. The summed E-state index contributed by atoms with van der Waals surface area (Å²) in [7, 11) is 0. The van der Waals surface area contributed by atoms with E-state index in [4.69, 9.17) is 9.47 Å². The van der Waals surface area contributed by atoms with Crippen LogP contribution in [0.15, 0.2) is 69.1 Å². The summed E-state index contributed by atoms with van der Waals surface area (Å²) in [5, 5.41) is 13.1. The number of hydrogen-bond donors (Lipinski definition) is 1. The van der Waals surface area contributed by atoms with Crippen molar-refractivity contribution in [1.29, 1.82) is 0 Å². The van der Waals surface area contributed by atoms with Crippen molar-refractivity contribution in [1.82, 2.24) is 5.32 Å². The maximum Gasteiger partial charge on any atom is 0.335 e. The number of ether oxygens (including phenoxy) is 2. The van der Waals surface area contributed by atoms with Gasteiger partial charge in [-0.2, -0.15) is 0 Å². The van der Waals surface area contributed by atoms with Crippen LogP contribution >= 0.6 is 31.9 Å². The molecule has 0 radical (unpaired) electrons. The minimum atomic E-state index is -0.834. The van der Waals surface area contributed by atoms with Crippen molar-refractivity contribution in [3.05, 3.63) is 95.9 Å². The van der Waals surface area contributed by atoms with E-state index in [2.05, 4.69) is 37.2 Å². The Labute approximate surface area is 240 Å². The van der Waals surface area contributed by atoms with E-state index in [0.717, 1.165) is 9.37 Å². The number of rotatable bonds is 8. The van der Waals surface area contributed by atoms with E-state index in [9.17, 15) is 24.5 Å². The lowest BCUT2D eigenvalue weighted by atomic mass is 10.1. The van der Waals surface area contributed by atoms with Gasteiger partial charge in [0.1, 0.15) is 12.2 Å². The van der Waals surface area contributed by atoms with E-state index >= 15 is 0 Å².